The zero-order chi connectivity index (χ0) is 15.9. The lowest BCUT2D eigenvalue weighted by Gasteiger charge is -2.08. The third-order valence-electron chi connectivity index (χ3n) is 3.51. The first-order valence-electron chi connectivity index (χ1n) is 7.19. The highest BCUT2D eigenvalue weighted by Gasteiger charge is 2.03. The maximum atomic E-state index is 8.97. The van der Waals surface area contributed by atoms with E-state index in [0.29, 0.717) is 5.56 Å². The van der Waals surface area contributed by atoms with Crippen LogP contribution in [0.3, 0.4) is 0 Å². The van der Waals surface area contributed by atoms with Crippen molar-refractivity contribution in [2.75, 3.05) is 0 Å². The molecular weight excluding hydrogens is 270 g/mol. The highest BCUT2D eigenvalue weighted by Crippen LogP contribution is 2.22. The van der Waals surface area contributed by atoms with Crippen molar-refractivity contribution < 1.29 is 0 Å². The van der Waals surface area contributed by atoms with Crippen molar-refractivity contribution in [1.29, 1.82) is 5.26 Å². The monoisotopic (exact) mass is 289 g/mol. The number of nitrogens with zero attached hydrogens (tertiary/aromatic N) is 3. The van der Waals surface area contributed by atoms with Gasteiger partial charge < -0.3 is 4.57 Å². The SMILES string of the molecule is C\C=C(/C=C\C(=C/C)n1ccnc1)c1ccc(C#N)cc1C. The molecule has 1 aromatic carbocycles. The summed E-state index contributed by atoms with van der Waals surface area (Å²) >= 11 is 0. The van der Waals surface area contributed by atoms with Gasteiger partial charge >= 0.3 is 0 Å². The van der Waals surface area contributed by atoms with Gasteiger partial charge in [-0.05, 0) is 55.7 Å². The molecule has 0 aliphatic carbocycles. The molecule has 0 fully saturated rings. The molecule has 0 N–H and O–H groups in total. The van der Waals surface area contributed by atoms with E-state index in [2.05, 4.69) is 29.3 Å². The first-order chi connectivity index (χ1) is 10.7. The fourth-order valence-corrected chi connectivity index (χ4v) is 2.32. The quantitative estimate of drug-likeness (QED) is 0.773. The Balaban J connectivity index is 2.31. The van der Waals surface area contributed by atoms with Gasteiger partial charge in [0.2, 0.25) is 0 Å². The topological polar surface area (TPSA) is 41.6 Å². The largest absolute Gasteiger partial charge is 0.307 e. The minimum absolute atomic E-state index is 0.688. The molecule has 0 atom stereocenters. The number of hydrogen-bond donors (Lipinski definition) is 0. The van der Waals surface area contributed by atoms with Crippen LogP contribution in [0.25, 0.3) is 11.3 Å². The van der Waals surface area contributed by atoms with Crippen LogP contribution in [-0.2, 0) is 0 Å². The normalized spacial score (nSPS) is 12.6. The van der Waals surface area contributed by atoms with E-state index in [1.54, 1.807) is 12.5 Å². The molecule has 110 valence electrons. The Morgan fingerprint density at radius 2 is 2.05 bits per heavy atom. The Labute approximate surface area is 131 Å². The van der Waals surface area contributed by atoms with Crippen LogP contribution in [0.15, 0.2) is 61.2 Å². The average Bonchev–Trinajstić information content (AvgIpc) is 3.06. The zero-order valence-corrected chi connectivity index (χ0v) is 13.1. The summed E-state index contributed by atoms with van der Waals surface area (Å²) in [6.07, 6.45) is 13.7. The molecule has 1 heterocycles. The molecule has 0 radical (unpaired) electrons. The third kappa shape index (κ3) is 3.42. The highest BCUT2D eigenvalue weighted by atomic mass is 15.0. The Morgan fingerprint density at radius 1 is 1.23 bits per heavy atom. The van der Waals surface area contributed by atoms with Crippen LogP contribution in [0.5, 0.6) is 0 Å². The fourth-order valence-electron chi connectivity index (χ4n) is 2.32. The van der Waals surface area contributed by atoms with Crippen LogP contribution >= 0.6 is 0 Å². The molecular formula is C19H19N3. The van der Waals surface area contributed by atoms with E-state index in [1.165, 1.54) is 0 Å². The van der Waals surface area contributed by atoms with Crippen LogP contribution in [0.1, 0.15) is 30.5 Å². The molecule has 0 saturated heterocycles. The molecule has 0 amide bonds. The average molecular weight is 289 g/mol. The maximum Gasteiger partial charge on any atom is 0.0991 e. The number of aromatic nitrogens is 2. The van der Waals surface area contributed by atoms with E-state index in [0.717, 1.165) is 22.4 Å². The Kier molecular flexibility index (Phi) is 5.11. The van der Waals surface area contributed by atoms with Gasteiger partial charge in [-0.3, -0.25) is 0 Å². The van der Waals surface area contributed by atoms with Gasteiger partial charge in [-0.15, -0.1) is 0 Å². The number of aryl methyl sites for hydroxylation is 1. The van der Waals surface area contributed by atoms with E-state index in [4.69, 9.17) is 5.26 Å². The molecule has 3 nitrogen and oxygen atoms in total. The molecule has 0 aliphatic heterocycles. The van der Waals surface area contributed by atoms with Gasteiger partial charge in [0.05, 0.1) is 18.0 Å². The fraction of sp³-hybridized carbons (Fsp3) is 0.158. The lowest BCUT2D eigenvalue weighted by atomic mass is 9.98. The molecule has 0 saturated carbocycles. The Hall–Kier alpha value is -2.86. The van der Waals surface area contributed by atoms with Gasteiger partial charge in [0.15, 0.2) is 0 Å². The van der Waals surface area contributed by atoms with Crippen LogP contribution in [0.4, 0.5) is 0 Å². The van der Waals surface area contributed by atoms with Crippen molar-refractivity contribution in [3.63, 3.8) is 0 Å². The predicted octanol–water partition coefficient (Wildman–Crippen LogP) is 4.58. The van der Waals surface area contributed by atoms with E-state index in [9.17, 15) is 0 Å². The van der Waals surface area contributed by atoms with E-state index in [1.807, 2.05) is 55.8 Å². The van der Waals surface area contributed by atoms with Crippen LogP contribution < -0.4 is 0 Å². The first-order valence-corrected chi connectivity index (χ1v) is 7.19. The Morgan fingerprint density at radius 3 is 2.59 bits per heavy atom. The summed E-state index contributed by atoms with van der Waals surface area (Å²) < 4.78 is 1.97. The highest BCUT2D eigenvalue weighted by molar-refractivity contribution is 5.78. The van der Waals surface area contributed by atoms with E-state index in [-0.39, 0.29) is 0 Å². The van der Waals surface area contributed by atoms with Gasteiger partial charge in [-0.1, -0.05) is 24.3 Å². The van der Waals surface area contributed by atoms with Gasteiger partial charge in [0.1, 0.15) is 0 Å². The van der Waals surface area contributed by atoms with Gasteiger partial charge in [-0.2, -0.15) is 5.26 Å². The summed E-state index contributed by atoms with van der Waals surface area (Å²) in [5.41, 5.74) is 5.11. The van der Waals surface area contributed by atoms with E-state index < -0.39 is 0 Å². The summed E-state index contributed by atoms with van der Waals surface area (Å²) in [5, 5.41) is 8.97. The van der Waals surface area contributed by atoms with E-state index >= 15 is 0 Å². The number of imidazole rings is 1. The summed E-state index contributed by atoms with van der Waals surface area (Å²) in [7, 11) is 0. The molecule has 0 unspecified atom stereocenters. The smallest absolute Gasteiger partial charge is 0.0991 e. The molecule has 3 heteroatoms. The molecule has 2 rings (SSSR count). The van der Waals surface area contributed by atoms with Gasteiger partial charge in [0, 0.05) is 18.1 Å². The number of hydrogen-bond acceptors (Lipinski definition) is 2. The van der Waals surface area contributed by atoms with Crippen LogP contribution in [0, 0.1) is 18.3 Å². The molecule has 1 aromatic heterocycles. The summed E-state index contributed by atoms with van der Waals surface area (Å²) in [6, 6.07) is 7.94. The lowest BCUT2D eigenvalue weighted by molar-refractivity contribution is 1.10. The second-order valence-corrected chi connectivity index (χ2v) is 4.90. The van der Waals surface area contributed by atoms with Crippen LogP contribution in [0.2, 0.25) is 0 Å². The van der Waals surface area contributed by atoms with Crippen molar-refractivity contribution in [3.8, 4) is 6.07 Å². The molecule has 0 bridgehead atoms. The first kappa shape index (κ1) is 15.5. The predicted molar refractivity (Wildman–Crippen MR) is 90.9 cm³/mol. The number of rotatable bonds is 4. The molecule has 2 aromatic rings. The van der Waals surface area contributed by atoms with Gasteiger partial charge in [0.25, 0.3) is 0 Å². The lowest BCUT2D eigenvalue weighted by Crippen LogP contribution is -1.91. The number of nitriles is 1. The van der Waals surface area contributed by atoms with Crippen molar-refractivity contribution in [1.82, 2.24) is 9.55 Å². The minimum Gasteiger partial charge on any atom is -0.307 e. The molecule has 22 heavy (non-hydrogen) atoms. The second kappa shape index (κ2) is 7.24. The third-order valence-corrected chi connectivity index (χ3v) is 3.51. The maximum absolute atomic E-state index is 8.97. The van der Waals surface area contributed by atoms with Crippen molar-refractivity contribution in [3.05, 3.63) is 77.9 Å². The second-order valence-electron chi connectivity index (χ2n) is 4.90. The minimum atomic E-state index is 0.688. The van der Waals surface area contributed by atoms with Crippen molar-refractivity contribution >= 4 is 11.3 Å². The summed E-state index contributed by atoms with van der Waals surface area (Å²) in [4.78, 5) is 4.07. The van der Waals surface area contributed by atoms with Crippen molar-refractivity contribution in [2.45, 2.75) is 20.8 Å². The summed E-state index contributed by atoms with van der Waals surface area (Å²) in [6.45, 7) is 6.05. The summed E-state index contributed by atoms with van der Waals surface area (Å²) in [5.74, 6) is 0. The standard InChI is InChI=1S/C19H19N3/c1-4-17(19-9-6-16(13-20)12-15(19)3)7-8-18(5-2)22-11-10-21-14-22/h4-12,14H,1-3H3/b8-7-,17-4+,18-5+. The molecule has 0 spiro atoms. The van der Waals surface area contributed by atoms with Crippen molar-refractivity contribution in [2.24, 2.45) is 0 Å². The van der Waals surface area contributed by atoms with Crippen LogP contribution in [-0.4, -0.2) is 9.55 Å². The zero-order valence-electron chi connectivity index (χ0n) is 13.1. The number of allylic oxidation sites excluding steroid dienone is 6. The van der Waals surface area contributed by atoms with Gasteiger partial charge in [-0.25, -0.2) is 4.98 Å². The Bertz CT molecular complexity index is 770. The number of benzene rings is 1. The molecule has 0 aliphatic rings.